The van der Waals surface area contributed by atoms with E-state index < -0.39 is 15.9 Å². The van der Waals surface area contributed by atoms with E-state index in [-0.39, 0.29) is 18.8 Å². The van der Waals surface area contributed by atoms with Gasteiger partial charge in [-0.15, -0.1) is 0 Å². The number of aryl methyl sites for hydroxylation is 1. The second kappa shape index (κ2) is 7.94. The lowest BCUT2D eigenvalue weighted by molar-refractivity contribution is -0.120. The molecule has 124 valence electrons. The average molecular weight is 336 g/mol. The summed E-state index contributed by atoms with van der Waals surface area (Å²) >= 11 is 0. The predicted octanol–water partition coefficient (Wildman–Crippen LogP) is 1.58. The van der Waals surface area contributed by atoms with E-state index >= 15 is 0 Å². The zero-order chi connectivity index (χ0) is 16.7. The minimum atomic E-state index is -3.57. The maximum atomic E-state index is 12.1. The van der Waals surface area contributed by atoms with Crippen molar-refractivity contribution in [2.24, 2.45) is 0 Å². The monoisotopic (exact) mass is 336 g/mol. The minimum Gasteiger partial charge on any atom is -0.467 e. The molecule has 0 atom stereocenters. The van der Waals surface area contributed by atoms with Crippen molar-refractivity contribution in [1.29, 1.82) is 0 Å². The van der Waals surface area contributed by atoms with Gasteiger partial charge in [0.1, 0.15) is 5.76 Å². The number of hydrogen-bond donors (Lipinski definition) is 2. The lowest BCUT2D eigenvalue weighted by atomic mass is 10.1. The average Bonchev–Trinajstić information content (AvgIpc) is 3.05. The van der Waals surface area contributed by atoms with Crippen LogP contribution in [-0.2, 0) is 33.5 Å². The van der Waals surface area contributed by atoms with Crippen LogP contribution in [0.15, 0.2) is 47.1 Å². The van der Waals surface area contributed by atoms with Crippen molar-refractivity contribution in [3.8, 4) is 0 Å². The first kappa shape index (κ1) is 17.2. The number of carbonyl (C=O) groups excluding carboxylic acids is 1. The molecule has 0 aliphatic rings. The van der Waals surface area contributed by atoms with E-state index in [1.807, 2.05) is 19.1 Å². The summed E-state index contributed by atoms with van der Waals surface area (Å²) in [4.78, 5) is 11.7. The molecule has 0 unspecified atom stereocenters. The molecule has 2 rings (SSSR count). The molecule has 0 saturated heterocycles. The van der Waals surface area contributed by atoms with E-state index in [1.54, 1.807) is 24.3 Å². The number of sulfonamides is 1. The third-order valence-electron chi connectivity index (χ3n) is 3.34. The first-order valence-electron chi connectivity index (χ1n) is 7.33. The van der Waals surface area contributed by atoms with Crippen molar-refractivity contribution in [2.45, 2.75) is 25.6 Å². The fraction of sp³-hybridized carbons (Fsp3) is 0.312. The zero-order valence-corrected chi connectivity index (χ0v) is 13.7. The van der Waals surface area contributed by atoms with Crippen LogP contribution in [0.2, 0.25) is 0 Å². The van der Waals surface area contributed by atoms with Gasteiger partial charge in [0, 0.05) is 0 Å². The lowest BCUT2D eigenvalue weighted by Gasteiger charge is -2.10. The van der Waals surface area contributed by atoms with Gasteiger partial charge in [-0.25, -0.2) is 13.1 Å². The van der Waals surface area contributed by atoms with Crippen LogP contribution in [0, 0.1) is 0 Å². The number of furan rings is 1. The highest BCUT2D eigenvalue weighted by Crippen LogP contribution is 2.12. The maximum absolute atomic E-state index is 12.1. The van der Waals surface area contributed by atoms with Crippen LogP contribution in [0.3, 0.4) is 0 Å². The van der Waals surface area contributed by atoms with Gasteiger partial charge in [-0.1, -0.05) is 31.2 Å². The van der Waals surface area contributed by atoms with Gasteiger partial charge in [0.25, 0.3) is 0 Å². The number of rotatable bonds is 8. The quantitative estimate of drug-likeness (QED) is 0.766. The molecule has 1 amide bonds. The second-order valence-electron chi connectivity index (χ2n) is 5.06. The first-order valence-corrected chi connectivity index (χ1v) is 8.98. The molecule has 2 aromatic rings. The molecule has 7 heteroatoms. The summed E-state index contributed by atoms with van der Waals surface area (Å²) in [5.41, 5.74) is 1.73. The second-order valence-corrected chi connectivity index (χ2v) is 6.87. The molecular formula is C16H20N2O4S. The summed E-state index contributed by atoms with van der Waals surface area (Å²) in [6.45, 7) is 1.91. The van der Waals surface area contributed by atoms with E-state index in [2.05, 4.69) is 10.0 Å². The number of amides is 1. The third-order valence-corrected chi connectivity index (χ3v) is 4.61. The Balaban J connectivity index is 1.84. The zero-order valence-electron chi connectivity index (χ0n) is 12.9. The lowest BCUT2D eigenvalue weighted by Crippen LogP contribution is -2.37. The molecular weight excluding hydrogens is 316 g/mol. The van der Waals surface area contributed by atoms with Crippen molar-refractivity contribution in [3.05, 3.63) is 59.5 Å². The first-order chi connectivity index (χ1) is 11.0. The fourth-order valence-electron chi connectivity index (χ4n) is 2.14. The summed E-state index contributed by atoms with van der Waals surface area (Å²) in [5.74, 6) is 0.0643. The smallest absolute Gasteiger partial charge is 0.235 e. The fourth-order valence-corrected chi connectivity index (χ4v) is 3.28. The Morgan fingerprint density at radius 2 is 1.87 bits per heavy atom. The van der Waals surface area contributed by atoms with Crippen molar-refractivity contribution in [1.82, 2.24) is 10.0 Å². The summed E-state index contributed by atoms with van der Waals surface area (Å²) in [6.07, 6.45) is 2.27. The van der Waals surface area contributed by atoms with Crippen LogP contribution < -0.4 is 10.0 Å². The molecule has 0 fully saturated rings. The maximum Gasteiger partial charge on any atom is 0.235 e. The Kier molecular flexibility index (Phi) is 5.95. The van der Waals surface area contributed by atoms with Gasteiger partial charge in [-0.05, 0) is 29.7 Å². The van der Waals surface area contributed by atoms with Gasteiger partial charge in [0.2, 0.25) is 15.9 Å². The number of nitrogens with one attached hydrogen (secondary N) is 2. The number of benzene rings is 1. The highest BCUT2D eigenvalue weighted by Gasteiger charge is 2.15. The van der Waals surface area contributed by atoms with Crippen molar-refractivity contribution in [3.63, 3.8) is 0 Å². The molecule has 0 spiro atoms. The predicted molar refractivity (Wildman–Crippen MR) is 87.0 cm³/mol. The van der Waals surface area contributed by atoms with Crippen LogP contribution >= 0.6 is 0 Å². The van der Waals surface area contributed by atoms with Gasteiger partial charge in [0.05, 0.1) is 25.1 Å². The highest BCUT2D eigenvalue weighted by atomic mass is 32.2. The normalized spacial score (nSPS) is 11.3. The van der Waals surface area contributed by atoms with E-state index in [0.29, 0.717) is 5.76 Å². The largest absolute Gasteiger partial charge is 0.467 e. The summed E-state index contributed by atoms with van der Waals surface area (Å²) < 4.78 is 31.6. The van der Waals surface area contributed by atoms with Crippen molar-refractivity contribution < 1.29 is 17.6 Å². The molecule has 0 aliphatic carbocycles. The van der Waals surface area contributed by atoms with E-state index in [4.69, 9.17) is 4.42 Å². The molecule has 1 aromatic heterocycles. The van der Waals surface area contributed by atoms with E-state index in [0.717, 1.165) is 17.5 Å². The van der Waals surface area contributed by atoms with Gasteiger partial charge < -0.3 is 9.73 Å². The van der Waals surface area contributed by atoms with Crippen LogP contribution in [0.25, 0.3) is 0 Å². The molecule has 1 aromatic carbocycles. The third kappa shape index (κ3) is 5.54. The summed E-state index contributed by atoms with van der Waals surface area (Å²) in [6, 6.07) is 10.8. The molecule has 0 saturated carbocycles. The van der Waals surface area contributed by atoms with Crippen molar-refractivity contribution in [2.75, 3.05) is 6.54 Å². The molecule has 0 bridgehead atoms. The molecule has 6 nitrogen and oxygen atoms in total. The Morgan fingerprint density at radius 3 is 2.52 bits per heavy atom. The topological polar surface area (TPSA) is 88.4 Å². The molecule has 1 heterocycles. The van der Waals surface area contributed by atoms with E-state index in [9.17, 15) is 13.2 Å². The van der Waals surface area contributed by atoms with Crippen LogP contribution in [0.4, 0.5) is 0 Å². The molecule has 2 N–H and O–H groups in total. The van der Waals surface area contributed by atoms with Gasteiger partial charge in [0.15, 0.2) is 0 Å². The number of carbonyl (C=O) groups is 1. The number of hydrogen-bond acceptors (Lipinski definition) is 4. The van der Waals surface area contributed by atoms with Crippen molar-refractivity contribution >= 4 is 15.9 Å². The summed E-state index contributed by atoms with van der Waals surface area (Å²) in [5, 5.41) is 2.58. The Bertz CT molecular complexity index is 739. The summed E-state index contributed by atoms with van der Waals surface area (Å²) in [7, 11) is -3.57. The van der Waals surface area contributed by atoms with Crippen LogP contribution in [0.5, 0.6) is 0 Å². The minimum absolute atomic E-state index is 0.136. The Morgan fingerprint density at radius 1 is 1.13 bits per heavy atom. The van der Waals surface area contributed by atoms with Gasteiger partial charge in [-0.2, -0.15) is 0 Å². The van der Waals surface area contributed by atoms with Crippen LogP contribution in [-0.4, -0.2) is 20.9 Å². The molecule has 0 radical (unpaired) electrons. The van der Waals surface area contributed by atoms with Crippen LogP contribution in [0.1, 0.15) is 23.8 Å². The SMILES string of the molecule is CCc1ccccc1CS(=O)(=O)NCC(=O)NCc1ccco1. The molecule has 0 aliphatic heterocycles. The van der Waals surface area contributed by atoms with Gasteiger partial charge >= 0.3 is 0 Å². The Hall–Kier alpha value is -2.12. The highest BCUT2D eigenvalue weighted by molar-refractivity contribution is 7.88. The standard InChI is InChI=1S/C16H20N2O4S/c1-2-13-6-3-4-7-14(13)12-23(20,21)18-11-16(19)17-10-15-8-5-9-22-15/h3-9,18H,2,10-12H2,1H3,(H,17,19). The van der Waals surface area contributed by atoms with E-state index in [1.165, 1.54) is 6.26 Å². The Labute approximate surface area is 135 Å². The van der Waals surface area contributed by atoms with Gasteiger partial charge in [-0.3, -0.25) is 4.79 Å². The molecule has 23 heavy (non-hydrogen) atoms.